The molecule has 1 saturated heterocycles. The third-order valence-electron chi connectivity index (χ3n) is 4.86. The molecule has 9 heteroatoms. The summed E-state index contributed by atoms with van der Waals surface area (Å²) in [5, 5.41) is 9.13. The number of hydrogen-bond acceptors (Lipinski definition) is 5. The van der Waals surface area contributed by atoms with E-state index >= 15 is 0 Å². The van der Waals surface area contributed by atoms with Crippen LogP contribution in [-0.4, -0.2) is 67.9 Å². The maximum absolute atomic E-state index is 13.0. The summed E-state index contributed by atoms with van der Waals surface area (Å²) in [6.45, 7) is 2.28. The van der Waals surface area contributed by atoms with Crippen molar-refractivity contribution in [3.8, 4) is 5.75 Å². The maximum Gasteiger partial charge on any atom is 0.326 e. The Morgan fingerprint density at radius 3 is 2.30 bits per heavy atom. The van der Waals surface area contributed by atoms with Gasteiger partial charge in [-0.05, 0) is 38.0 Å². The van der Waals surface area contributed by atoms with Crippen LogP contribution in [0.4, 0.5) is 0 Å². The lowest BCUT2D eigenvalue weighted by Crippen LogP contribution is -2.40. The Morgan fingerprint density at radius 2 is 1.78 bits per heavy atom. The number of likely N-dealkylation sites (N-methyl/N-ethyl adjacent to an activating group) is 1. The number of amides is 1. The van der Waals surface area contributed by atoms with E-state index < -0.39 is 27.9 Å². The molecule has 0 aromatic heterocycles. The van der Waals surface area contributed by atoms with Gasteiger partial charge in [-0.1, -0.05) is 12.8 Å². The van der Waals surface area contributed by atoms with Crippen molar-refractivity contribution in [3.05, 3.63) is 23.8 Å². The van der Waals surface area contributed by atoms with Crippen LogP contribution in [0.3, 0.4) is 0 Å². The van der Waals surface area contributed by atoms with Crippen LogP contribution < -0.4 is 4.74 Å². The van der Waals surface area contributed by atoms with E-state index in [-0.39, 0.29) is 16.2 Å². The van der Waals surface area contributed by atoms with Gasteiger partial charge in [-0.15, -0.1) is 0 Å². The fourth-order valence-electron chi connectivity index (χ4n) is 2.98. The summed E-state index contributed by atoms with van der Waals surface area (Å²) in [7, 11) is -1.01. The van der Waals surface area contributed by atoms with Crippen LogP contribution in [0.15, 0.2) is 23.1 Å². The Balaban J connectivity index is 2.42. The molecule has 0 saturated carbocycles. The van der Waals surface area contributed by atoms with Gasteiger partial charge in [-0.2, -0.15) is 4.31 Å². The van der Waals surface area contributed by atoms with E-state index in [9.17, 15) is 18.0 Å². The molecule has 1 N–H and O–H groups in total. The zero-order chi connectivity index (χ0) is 20.2. The minimum atomic E-state index is -3.74. The number of aliphatic carboxylic acids is 1. The molecule has 1 aliphatic heterocycles. The Kier molecular flexibility index (Phi) is 6.83. The molecule has 0 spiro atoms. The summed E-state index contributed by atoms with van der Waals surface area (Å²) in [5.41, 5.74) is 0.0176. The molecule has 1 heterocycles. The Labute approximate surface area is 159 Å². The van der Waals surface area contributed by atoms with Crippen LogP contribution >= 0.6 is 0 Å². The average Bonchev–Trinajstić information content (AvgIpc) is 2.95. The molecule has 0 radical (unpaired) electrons. The van der Waals surface area contributed by atoms with E-state index in [1.807, 2.05) is 0 Å². The largest absolute Gasteiger partial charge is 0.496 e. The van der Waals surface area contributed by atoms with Crippen molar-refractivity contribution in [2.24, 2.45) is 0 Å². The Bertz CT molecular complexity index is 800. The number of hydrogen-bond donors (Lipinski definition) is 1. The van der Waals surface area contributed by atoms with Crippen molar-refractivity contribution in [1.82, 2.24) is 9.21 Å². The summed E-state index contributed by atoms with van der Waals surface area (Å²) in [4.78, 5) is 25.0. The van der Waals surface area contributed by atoms with Crippen molar-refractivity contribution in [2.45, 2.75) is 43.5 Å². The molecule has 1 amide bonds. The van der Waals surface area contributed by atoms with Crippen molar-refractivity contribution < 1.29 is 27.9 Å². The summed E-state index contributed by atoms with van der Waals surface area (Å²) in [5.74, 6) is -1.58. The predicted molar refractivity (Wildman–Crippen MR) is 99.4 cm³/mol. The SMILES string of the molecule is COc1ccc(S(=O)(=O)N2CCCCCC2)cc1C(=O)N(C)C(C)C(=O)O. The topological polar surface area (TPSA) is 104 Å². The number of ether oxygens (including phenoxy) is 1. The second-order valence-corrected chi connectivity index (χ2v) is 8.55. The number of benzene rings is 1. The fraction of sp³-hybridized carbons (Fsp3) is 0.556. The van der Waals surface area contributed by atoms with Gasteiger partial charge in [0.2, 0.25) is 10.0 Å². The first-order valence-corrected chi connectivity index (χ1v) is 10.3. The number of carboxylic acid groups (broad SMARTS) is 1. The quantitative estimate of drug-likeness (QED) is 0.784. The van der Waals surface area contributed by atoms with Gasteiger partial charge < -0.3 is 14.7 Å². The molecule has 1 aliphatic rings. The summed E-state index contributed by atoms with van der Waals surface area (Å²) >= 11 is 0. The Hall–Kier alpha value is -2.13. The van der Waals surface area contributed by atoms with Crippen molar-refractivity contribution in [3.63, 3.8) is 0 Å². The number of methoxy groups -OCH3 is 1. The van der Waals surface area contributed by atoms with Gasteiger partial charge in [0.15, 0.2) is 0 Å². The average molecular weight is 398 g/mol. The second kappa shape index (κ2) is 8.71. The van der Waals surface area contributed by atoms with Gasteiger partial charge in [0.25, 0.3) is 5.91 Å². The second-order valence-electron chi connectivity index (χ2n) is 6.61. The summed E-state index contributed by atoms with van der Waals surface area (Å²) in [6, 6.07) is 3.05. The third kappa shape index (κ3) is 4.59. The van der Waals surface area contributed by atoms with Crippen molar-refractivity contribution in [1.29, 1.82) is 0 Å². The number of carbonyl (C=O) groups is 2. The summed E-state index contributed by atoms with van der Waals surface area (Å²) < 4.78 is 32.6. The minimum absolute atomic E-state index is 0.00456. The first-order chi connectivity index (χ1) is 12.7. The normalized spacial score (nSPS) is 17.0. The molecule has 1 atom stereocenters. The fourth-order valence-corrected chi connectivity index (χ4v) is 4.52. The number of sulfonamides is 1. The molecule has 0 aliphatic carbocycles. The number of carbonyl (C=O) groups excluding carboxylic acids is 1. The highest BCUT2D eigenvalue weighted by Gasteiger charge is 2.29. The van der Waals surface area contributed by atoms with Gasteiger partial charge in [0.1, 0.15) is 11.8 Å². The minimum Gasteiger partial charge on any atom is -0.496 e. The van der Waals surface area contributed by atoms with E-state index in [0.717, 1.165) is 30.6 Å². The van der Waals surface area contributed by atoms with Crippen LogP contribution in [-0.2, 0) is 14.8 Å². The van der Waals surface area contributed by atoms with E-state index in [2.05, 4.69) is 0 Å². The van der Waals surface area contributed by atoms with Gasteiger partial charge in [-0.25, -0.2) is 13.2 Å². The van der Waals surface area contributed by atoms with Crippen molar-refractivity contribution >= 4 is 21.9 Å². The first kappa shape index (κ1) is 21.2. The molecule has 150 valence electrons. The number of rotatable bonds is 6. The van der Waals surface area contributed by atoms with Gasteiger partial charge in [-0.3, -0.25) is 4.79 Å². The molecule has 8 nitrogen and oxygen atoms in total. The predicted octanol–water partition coefficient (Wildman–Crippen LogP) is 1.80. The lowest BCUT2D eigenvalue weighted by Gasteiger charge is -2.24. The van der Waals surface area contributed by atoms with Crippen LogP contribution in [0, 0.1) is 0 Å². The van der Waals surface area contributed by atoms with Crippen LogP contribution in [0.1, 0.15) is 43.0 Å². The molecule has 27 heavy (non-hydrogen) atoms. The highest BCUT2D eigenvalue weighted by Crippen LogP contribution is 2.27. The number of nitrogens with zero attached hydrogens (tertiary/aromatic N) is 2. The standard InChI is InChI=1S/C18H26N2O6S/c1-13(18(22)23)19(2)17(21)15-12-14(8-9-16(15)26-3)27(24,25)20-10-6-4-5-7-11-20/h8-9,12-13H,4-7,10-11H2,1-3H3,(H,22,23). The van der Waals surface area contributed by atoms with Gasteiger partial charge in [0.05, 0.1) is 17.6 Å². The molecular weight excluding hydrogens is 372 g/mol. The molecule has 1 fully saturated rings. The molecule has 1 aromatic rings. The van der Waals surface area contributed by atoms with Crippen LogP contribution in [0.2, 0.25) is 0 Å². The van der Waals surface area contributed by atoms with E-state index in [0.29, 0.717) is 13.1 Å². The lowest BCUT2D eigenvalue weighted by atomic mass is 10.1. The molecule has 2 rings (SSSR count). The molecule has 1 aromatic carbocycles. The Morgan fingerprint density at radius 1 is 1.19 bits per heavy atom. The zero-order valence-corrected chi connectivity index (χ0v) is 16.7. The van der Waals surface area contributed by atoms with Crippen LogP contribution in [0.25, 0.3) is 0 Å². The monoisotopic (exact) mass is 398 g/mol. The number of carboxylic acids is 1. The van der Waals surface area contributed by atoms with Crippen LogP contribution in [0.5, 0.6) is 5.75 Å². The lowest BCUT2D eigenvalue weighted by molar-refractivity contribution is -0.141. The van der Waals surface area contributed by atoms with E-state index in [1.165, 1.54) is 43.6 Å². The van der Waals surface area contributed by atoms with Gasteiger partial charge >= 0.3 is 5.97 Å². The van der Waals surface area contributed by atoms with Crippen molar-refractivity contribution in [2.75, 3.05) is 27.2 Å². The molecule has 1 unspecified atom stereocenters. The van der Waals surface area contributed by atoms with E-state index in [4.69, 9.17) is 9.84 Å². The summed E-state index contributed by atoms with van der Waals surface area (Å²) in [6.07, 6.45) is 3.60. The highest BCUT2D eigenvalue weighted by atomic mass is 32.2. The zero-order valence-electron chi connectivity index (χ0n) is 15.8. The molecule has 0 bridgehead atoms. The maximum atomic E-state index is 13.0. The smallest absolute Gasteiger partial charge is 0.326 e. The third-order valence-corrected chi connectivity index (χ3v) is 6.76. The highest BCUT2D eigenvalue weighted by molar-refractivity contribution is 7.89. The van der Waals surface area contributed by atoms with E-state index in [1.54, 1.807) is 0 Å². The molecular formula is C18H26N2O6S. The van der Waals surface area contributed by atoms with Gasteiger partial charge in [0, 0.05) is 20.1 Å². The first-order valence-electron chi connectivity index (χ1n) is 8.88.